The molecule has 1 rings (SSSR count). The smallest absolute Gasteiger partial charge is 0.251 e. The summed E-state index contributed by atoms with van der Waals surface area (Å²) in [5.74, 6) is -0.835. The van der Waals surface area contributed by atoms with Gasteiger partial charge in [0.15, 0.2) is 0 Å². The summed E-state index contributed by atoms with van der Waals surface area (Å²) < 4.78 is 25.9. The van der Waals surface area contributed by atoms with Gasteiger partial charge in [-0.25, -0.2) is 12.7 Å². The average Bonchev–Trinajstić information content (AvgIpc) is 2.44. The highest BCUT2D eigenvalue weighted by Gasteiger charge is 2.22. The van der Waals surface area contributed by atoms with Gasteiger partial charge in [0.25, 0.3) is 5.91 Å². The van der Waals surface area contributed by atoms with Gasteiger partial charge in [-0.3, -0.25) is 9.59 Å². The van der Waals surface area contributed by atoms with Crippen molar-refractivity contribution in [1.82, 2.24) is 14.9 Å². The second-order valence-corrected chi connectivity index (χ2v) is 8.31. The Labute approximate surface area is 144 Å². The fourth-order valence-electron chi connectivity index (χ4n) is 1.67. The lowest BCUT2D eigenvalue weighted by molar-refractivity contribution is -0.120. The largest absolute Gasteiger partial charge is 0.352 e. The van der Waals surface area contributed by atoms with E-state index in [1.54, 1.807) is 0 Å². The second-order valence-electron chi connectivity index (χ2n) is 5.34. The van der Waals surface area contributed by atoms with Crippen LogP contribution >= 0.6 is 15.9 Å². The number of carbonyl (C=O) groups is 2. The standard InChI is InChI=1S/C14H20BrN3O4S/c1-9(2)17-13(19)8-16-14(20)10-5-6-11(15)12(7-10)23(21,22)18(3)4/h5-7,9H,8H2,1-4H3,(H,16,20)(H,17,19). The lowest BCUT2D eigenvalue weighted by Crippen LogP contribution is -2.39. The number of hydrogen-bond donors (Lipinski definition) is 2. The minimum Gasteiger partial charge on any atom is -0.352 e. The molecule has 9 heteroatoms. The Bertz CT molecular complexity index is 702. The number of rotatable bonds is 6. The van der Waals surface area contributed by atoms with Crippen LogP contribution in [0, 0.1) is 0 Å². The molecule has 0 radical (unpaired) electrons. The van der Waals surface area contributed by atoms with Gasteiger partial charge in [0.05, 0.1) is 11.4 Å². The van der Waals surface area contributed by atoms with Crippen molar-refractivity contribution in [2.24, 2.45) is 0 Å². The molecule has 0 aromatic heterocycles. The third-order valence-electron chi connectivity index (χ3n) is 2.81. The van der Waals surface area contributed by atoms with Crippen LogP contribution in [0.1, 0.15) is 24.2 Å². The maximum absolute atomic E-state index is 12.2. The second kappa shape index (κ2) is 7.89. The quantitative estimate of drug-likeness (QED) is 0.736. The molecule has 0 heterocycles. The molecule has 0 aliphatic rings. The van der Waals surface area contributed by atoms with Gasteiger partial charge in [-0.1, -0.05) is 0 Å². The number of carbonyl (C=O) groups excluding carboxylic acids is 2. The van der Waals surface area contributed by atoms with E-state index in [0.29, 0.717) is 4.47 Å². The van der Waals surface area contributed by atoms with E-state index in [4.69, 9.17) is 0 Å². The zero-order valence-electron chi connectivity index (χ0n) is 13.4. The zero-order valence-corrected chi connectivity index (χ0v) is 15.8. The molecule has 0 unspecified atom stereocenters. The highest BCUT2D eigenvalue weighted by atomic mass is 79.9. The number of amides is 2. The molecule has 2 amide bonds. The Hall–Kier alpha value is -1.45. The number of hydrogen-bond acceptors (Lipinski definition) is 4. The molecule has 1 aromatic carbocycles. The predicted molar refractivity (Wildman–Crippen MR) is 90.6 cm³/mol. The first kappa shape index (κ1) is 19.6. The van der Waals surface area contributed by atoms with E-state index >= 15 is 0 Å². The van der Waals surface area contributed by atoms with Gasteiger partial charge in [-0.15, -0.1) is 0 Å². The highest BCUT2D eigenvalue weighted by molar-refractivity contribution is 9.10. The van der Waals surface area contributed by atoms with Crippen molar-refractivity contribution in [3.63, 3.8) is 0 Å². The molecule has 1 aromatic rings. The fraction of sp³-hybridized carbons (Fsp3) is 0.429. The molecular formula is C14H20BrN3O4S. The number of halogens is 1. The third kappa shape index (κ3) is 5.29. The summed E-state index contributed by atoms with van der Waals surface area (Å²) in [5.41, 5.74) is 0.158. The molecule has 23 heavy (non-hydrogen) atoms. The van der Waals surface area contributed by atoms with Crippen molar-refractivity contribution in [3.8, 4) is 0 Å². The molecule has 0 bridgehead atoms. The summed E-state index contributed by atoms with van der Waals surface area (Å²) in [4.78, 5) is 23.6. The van der Waals surface area contributed by atoms with Gasteiger partial charge in [-0.05, 0) is 48.0 Å². The van der Waals surface area contributed by atoms with Crippen molar-refractivity contribution in [3.05, 3.63) is 28.2 Å². The van der Waals surface area contributed by atoms with Crippen molar-refractivity contribution >= 4 is 37.8 Å². The summed E-state index contributed by atoms with van der Waals surface area (Å²) in [5, 5.41) is 5.10. The van der Waals surface area contributed by atoms with E-state index in [-0.39, 0.29) is 29.0 Å². The predicted octanol–water partition coefficient (Wildman–Crippen LogP) is 0.954. The highest BCUT2D eigenvalue weighted by Crippen LogP contribution is 2.25. The van der Waals surface area contributed by atoms with E-state index in [9.17, 15) is 18.0 Å². The van der Waals surface area contributed by atoms with Gasteiger partial charge >= 0.3 is 0 Å². The third-order valence-corrected chi connectivity index (χ3v) is 5.62. The van der Waals surface area contributed by atoms with Gasteiger partial charge in [0.2, 0.25) is 15.9 Å². The van der Waals surface area contributed by atoms with Crippen LogP contribution in [0.2, 0.25) is 0 Å². The van der Waals surface area contributed by atoms with Crippen molar-refractivity contribution in [1.29, 1.82) is 0 Å². The van der Waals surface area contributed by atoms with Gasteiger partial charge in [-0.2, -0.15) is 0 Å². The minimum atomic E-state index is -3.68. The SMILES string of the molecule is CC(C)NC(=O)CNC(=O)c1ccc(Br)c(S(=O)(=O)N(C)C)c1. The van der Waals surface area contributed by atoms with Crippen LogP contribution in [-0.2, 0) is 14.8 Å². The Morgan fingerprint density at radius 3 is 2.39 bits per heavy atom. The molecule has 7 nitrogen and oxygen atoms in total. The summed E-state index contributed by atoms with van der Waals surface area (Å²) in [7, 11) is -0.869. The molecule has 2 N–H and O–H groups in total. The van der Waals surface area contributed by atoms with Gasteiger partial charge in [0.1, 0.15) is 0 Å². The molecule has 0 fully saturated rings. The monoisotopic (exact) mass is 405 g/mol. The molecule has 0 spiro atoms. The van der Waals surface area contributed by atoms with E-state index in [0.717, 1.165) is 4.31 Å². The molecule has 0 aliphatic carbocycles. The maximum atomic E-state index is 12.2. The van der Waals surface area contributed by atoms with E-state index in [1.807, 2.05) is 13.8 Å². The van der Waals surface area contributed by atoms with Crippen LogP contribution < -0.4 is 10.6 Å². The van der Waals surface area contributed by atoms with E-state index in [2.05, 4.69) is 26.6 Å². The number of sulfonamides is 1. The number of nitrogens with one attached hydrogen (secondary N) is 2. The Morgan fingerprint density at radius 2 is 1.87 bits per heavy atom. The van der Waals surface area contributed by atoms with E-state index < -0.39 is 15.9 Å². The van der Waals surface area contributed by atoms with Crippen LogP contribution in [0.4, 0.5) is 0 Å². The lowest BCUT2D eigenvalue weighted by atomic mass is 10.2. The summed E-state index contributed by atoms with van der Waals surface area (Å²) in [6, 6.07) is 4.21. The topological polar surface area (TPSA) is 95.6 Å². The minimum absolute atomic E-state index is 0.0122. The van der Waals surface area contributed by atoms with Crippen LogP contribution in [0.3, 0.4) is 0 Å². The summed E-state index contributed by atoms with van der Waals surface area (Å²) in [6.07, 6.45) is 0. The zero-order chi connectivity index (χ0) is 17.8. The van der Waals surface area contributed by atoms with Crippen molar-refractivity contribution in [2.45, 2.75) is 24.8 Å². The molecular weight excluding hydrogens is 386 g/mol. The van der Waals surface area contributed by atoms with Crippen LogP contribution in [0.15, 0.2) is 27.6 Å². The maximum Gasteiger partial charge on any atom is 0.251 e. The lowest BCUT2D eigenvalue weighted by Gasteiger charge is -2.14. The Kier molecular flexibility index (Phi) is 6.72. The van der Waals surface area contributed by atoms with Crippen molar-refractivity contribution in [2.75, 3.05) is 20.6 Å². The molecule has 0 aliphatic heterocycles. The van der Waals surface area contributed by atoms with Gasteiger partial charge < -0.3 is 10.6 Å². The first-order valence-electron chi connectivity index (χ1n) is 6.85. The molecule has 128 valence electrons. The average molecular weight is 406 g/mol. The normalized spacial score (nSPS) is 11.6. The van der Waals surface area contributed by atoms with Crippen LogP contribution in [0.25, 0.3) is 0 Å². The van der Waals surface area contributed by atoms with E-state index in [1.165, 1.54) is 32.3 Å². The molecule has 0 atom stereocenters. The Balaban J connectivity index is 2.94. The first-order valence-corrected chi connectivity index (χ1v) is 9.08. The number of benzene rings is 1. The van der Waals surface area contributed by atoms with Gasteiger partial charge in [0, 0.05) is 30.2 Å². The van der Waals surface area contributed by atoms with Crippen molar-refractivity contribution < 1.29 is 18.0 Å². The fourth-order valence-corrected chi connectivity index (χ4v) is 3.52. The Morgan fingerprint density at radius 1 is 1.26 bits per heavy atom. The van der Waals surface area contributed by atoms with Crippen LogP contribution in [0.5, 0.6) is 0 Å². The summed E-state index contributed by atoms with van der Waals surface area (Å²) in [6.45, 7) is 3.45. The van der Waals surface area contributed by atoms with Crippen LogP contribution in [-0.4, -0.2) is 51.2 Å². The molecule has 0 saturated carbocycles. The first-order chi connectivity index (χ1) is 10.6. The molecule has 0 saturated heterocycles. The number of nitrogens with zero attached hydrogens (tertiary/aromatic N) is 1. The summed E-state index contributed by atoms with van der Waals surface area (Å²) >= 11 is 3.17.